The smallest absolute Gasteiger partial charge is 0.268 e. The first-order valence-corrected chi connectivity index (χ1v) is 9.55. The second-order valence-electron chi connectivity index (χ2n) is 7.11. The highest BCUT2D eigenvalue weighted by molar-refractivity contribution is 6.07. The highest BCUT2D eigenvalue weighted by atomic mass is 16.5. The first kappa shape index (κ1) is 20.4. The lowest BCUT2D eigenvalue weighted by molar-refractivity contribution is -0.127. The minimum absolute atomic E-state index is 0.0321. The number of aryl methyl sites for hydroxylation is 1. The zero-order chi connectivity index (χ0) is 21.1. The Kier molecular flexibility index (Phi) is 5.87. The Morgan fingerprint density at radius 2 is 1.97 bits per heavy atom. The van der Waals surface area contributed by atoms with Crippen LogP contribution in [-0.2, 0) is 9.59 Å². The van der Waals surface area contributed by atoms with E-state index in [9.17, 15) is 19.5 Å². The van der Waals surface area contributed by atoms with E-state index in [4.69, 9.17) is 4.74 Å². The Labute approximate surface area is 169 Å². The molecule has 152 valence electrons. The number of nitrogens with zero attached hydrogens (tertiary/aromatic N) is 1. The van der Waals surface area contributed by atoms with Crippen LogP contribution in [0.1, 0.15) is 42.6 Å². The fourth-order valence-corrected chi connectivity index (χ4v) is 3.20. The molecule has 2 N–H and O–H groups in total. The number of ether oxygens (including phenoxy) is 1. The summed E-state index contributed by atoms with van der Waals surface area (Å²) in [7, 11) is 0. The molecule has 0 saturated carbocycles. The lowest BCUT2D eigenvalue weighted by Gasteiger charge is -2.32. The van der Waals surface area contributed by atoms with Crippen molar-refractivity contribution in [1.29, 1.82) is 0 Å². The predicted octanol–water partition coefficient (Wildman–Crippen LogP) is 3.44. The molecule has 3 rings (SSSR count). The van der Waals surface area contributed by atoms with Crippen molar-refractivity contribution in [1.82, 2.24) is 0 Å². The van der Waals surface area contributed by atoms with Gasteiger partial charge in [-0.3, -0.25) is 19.3 Å². The van der Waals surface area contributed by atoms with Gasteiger partial charge < -0.3 is 15.2 Å². The van der Waals surface area contributed by atoms with E-state index in [1.807, 2.05) is 13.8 Å². The number of amides is 2. The molecule has 0 fully saturated rings. The standard InChI is InChI=1S/C22H24N2O5/c1-4-5-18(25)15-7-9-20-17(11-15)24(22(28)14(3)29-20)12-21(27)23-16-8-6-13(2)10-19(16)26/h6-11,14,26H,4-5,12H2,1-3H3,(H,23,27). The van der Waals surface area contributed by atoms with E-state index in [-0.39, 0.29) is 29.7 Å². The summed E-state index contributed by atoms with van der Waals surface area (Å²) >= 11 is 0. The van der Waals surface area contributed by atoms with Crippen LogP contribution in [0.25, 0.3) is 0 Å². The third-order valence-corrected chi connectivity index (χ3v) is 4.70. The van der Waals surface area contributed by atoms with Crippen LogP contribution in [0.4, 0.5) is 11.4 Å². The Balaban J connectivity index is 1.86. The van der Waals surface area contributed by atoms with E-state index in [2.05, 4.69) is 5.32 Å². The number of carbonyl (C=O) groups is 3. The molecule has 0 spiro atoms. The van der Waals surface area contributed by atoms with Crippen molar-refractivity contribution in [3.05, 3.63) is 47.5 Å². The summed E-state index contributed by atoms with van der Waals surface area (Å²) in [5.41, 5.74) is 1.98. The highest BCUT2D eigenvalue weighted by Gasteiger charge is 2.33. The third-order valence-electron chi connectivity index (χ3n) is 4.70. The Morgan fingerprint density at radius 1 is 1.21 bits per heavy atom. The van der Waals surface area contributed by atoms with E-state index >= 15 is 0 Å². The maximum Gasteiger partial charge on any atom is 0.268 e. The molecule has 7 heteroatoms. The Morgan fingerprint density at radius 3 is 2.66 bits per heavy atom. The molecule has 1 unspecified atom stereocenters. The van der Waals surface area contributed by atoms with Crippen molar-refractivity contribution in [3.8, 4) is 11.5 Å². The number of nitrogens with one attached hydrogen (secondary N) is 1. The number of phenolic OH excluding ortho intramolecular Hbond substituents is 1. The lowest BCUT2D eigenvalue weighted by Crippen LogP contribution is -2.47. The minimum atomic E-state index is -0.750. The van der Waals surface area contributed by atoms with Gasteiger partial charge in [-0.1, -0.05) is 13.0 Å². The predicted molar refractivity (Wildman–Crippen MR) is 110 cm³/mol. The Bertz CT molecular complexity index is 970. The minimum Gasteiger partial charge on any atom is -0.506 e. The fraction of sp³-hybridized carbons (Fsp3) is 0.318. The van der Waals surface area contributed by atoms with Gasteiger partial charge in [0.05, 0.1) is 11.4 Å². The van der Waals surface area contributed by atoms with Crippen LogP contribution in [0, 0.1) is 6.92 Å². The van der Waals surface area contributed by atoms with Crippen molar-refractivity contribution in [3.63, 3.8) is 0 Å². The van der Waals surface area contributed by atoms with Crippen molar-refractivity contribution in [2.45, 2.75) is 39.7 Å². The molecular weight excluding hydrogens is 372 g/mol. The zero-order valence-corrected chi connectivity index (χ0v) is 16.7. The molecule has 1 aliphatic rings. The molecule has 1 atom stereocenters. The van der Waals surface area contributed by atoms with Crippen LogP contribution in [0.2, 0.25) is 0 Å². The van der Waals surface area contributed by atoms with Gasteiger partial charge in [-0.2, -0.15) is 0 Å². The summed E-state index contributed by atoms with van der Waals surface area (Å²) in [6, 6.07) is 9.81. The van der Waals surface area contributed by atoms with Gasteiger partial charge in [0.25, 0.3) is 5.91 Å². The molecule has 7 nitrogen and oxygen atoms in total. The molecule has 2 amide bonds. The molecule has 0 radical (unpaired) electrons. The maximum absolute atomic E-state index is 12.7. The van der Waals surface area contributed by atoms with Gasteiger partial charge in [-0.15, -0.1) is 0 Å². The average molecular weight is 396 g/mol. The molecule has 29 heavy (non-hydrogen) atoms. The summed E-state index contributed by atoms with van der Waals surface area (Å²) in [5.74, 6) is -0.483. The average Bonchev–Trinajstić information content (AvgIpc) is 2.67. The van der Waals surface area contributed by atoms with Gasteiger partial charge >= 0.3 is 0 Å². The molecule has 0 aliphatic carbocycles. The van der Waals surface area contributed by atoms with Crippen LogP contribution in [0.5, 0.6) is 11.5 Å². The topological polar surface area (TPSA) is 95.9 Å². The summed E-state index contributed by atoms with van der Waals surface area (Å²) in [6.07, 6.45) is 0.367. The molecule has 1 heterocycles. The number of fused-ring (bicyclic) bond motifs is 1. The van der Waals surface area contributed by atoms with Crippen LogP contribution >= 0.6 is 0 Å². The number of aromatic hydroxyl groups is 1. The SMILES string of the molecule is CCCC(=O)c1ccc2c(c1)N(CC(=O)Nc1ccc(C)cc1O)C(=O)C(C)O2. The van der Waals surface area contributed by atoms with E-state index in [1.165, 1.54) is 4.90 Å². The van der Waals surface area contributed by atoms with Crippen molar-refractivity contribution < 1.29 is 24.2 Å². The summed E-state index contributed by atoms with van der Waals surface area (Å²) in [5, 5.41) is 12.6. The number of Topliss-reactive ketones (excluding diaryl/α,β-unsaturated/α-hetero) is 1. The van der Waals surface area contributed by atoms with Crippen LogP contribution in [0.3, 0.4) is 0 Å². The third kappa shape index (κ3) is 4.39. The molecule has 0 aromatic heterocycles. The van der Waals surface area contributed by atoms with Crippen molar-refractivity contribution in [2.75, 3.05) is 16.8 Å². The first-order valence-electron chi connectivity index (χ1n) is 9.55. The number of carbonyl (C=O) groups excluding carboxylic acids is 3. The zero-order valence-electron chi connectivity index (χ0n) is 16.7. The second-order valence-corrected chi connectivity index (χ2v) is 7.11. The summed E-state index contributed by atoms with van der Waals surface area (Å²) in [6.45, 7) is 5.09. The molecule has 0 bridgehead atoms. The van der Waals surface area contributed by atoms with Crippen LogP contribution in [-0.4, -0.2) is 35.4 Å². The molecule has 2 aromatic rings. The number of anilines is 2. The number of phenols is 1. The highest BCUT2D eigenvalue weighted by Crippen LogP contribution is 2.35. The summed E-state index contributed by atoms with van der Waals surface area (Å²) < 4.78 is 5.63. The first-order chi connectivity index (χ1) is 13.8. The van der Waals surface area contributed by atoms with Gasteiger partial charge in [0.2, 0.25) is 5.91 Å². The number of benzene rings is 2. The molecule has 1 aliphatic heterocycles. The van der Waals surface area contributed by atoms with E-state index in [0.29, 0.717) is 29.8 Å². The maximum atomic E-state index is 12.7. The van der Waals surface area contributed by atoms with Gasteiger partial charge in [-0.05, 0) is 56.2 Å². The normalized spacial score (nSPS) is 15.5. The summed E-state index contributed by atoms with van der Waals surface area (Å²) in [4.78, 5) is 38.8. The number of rotatable bonds is 6. The molecule has 0 saturated heterocycles. The quantitative estimate of drug-likeness (QED) is 0.576. The second kappa shape index (κ2) is 8.34. The molecule has 2 aromatic carbocycles. The van der Waals surface area contributed by atoms with Crippen LogP contribution < -0.4 is 15.0 Å². The van der Waals surface area contributed by atoms with Crippen molar-refractivity contribution in [2.24, 2.45) is 0 Å². The monoisotopic (exact) mass is 396 g/mol. The van der Waals surface area contributed by atoms with Gasteiger partial charge in [0, 0.05) is 12.0 Å². The van der Waals surface area contributed by atoms with E-state index < -0.39 is 12.0 Å². The number of hydrogen-bond donors (Lipinski definition) is 2. The number of hydrogen-bond acceptors (Lipinski definition) is 5. The number of ketones is 1. The van der Waals surface area contributed by atoms with E-state index in [1.54, 1.807) is 43.3 Å². The lowest BCUT2D eigenvalue weighted by atomic mass is 10.0. The van der Waals surface area contributed by atoms with Gasteiger partial charge in [0.1, 0.15) is 18.0 Å². The van der Waals surface area contributed by atoms with Gasteiger partial charge in [-0.25, -0.2) is 0 Å². The fourth-order valence-electron chi connectivity index (χ4n) is 3.20. The largest absolute Gasteiger partial charge is 0.506 e. The molecular formula is C22H24N2O5. The van der Waals surface area contributed by atoms with E-state index in [0.717, 1.165) is 5.56 Å². The van der Waals surface area contributed by atoms with Crippen LogP contribution in [0.15, 0.2) is 36.4 Å². The Hall–Kier alpha value is -3.35. The van der Waals surface area contributed by atoms with Crippen molar-refractivity contribution >= 4 is 29.0 Å². The van der Waals surface area contributed by atoms with Gasteiger partial charge in [0.15, 0.2) is 11.9 Å².